The van der Waals surface area contributed by atoms with Gasteiger partial charge in [0.25, 0.3) is 5.69 Å². The summed E-state index contributed by atoms with van der Waals surface area (Å²) in [5, 5.41) is 14.0. The van der Waals surface area contributed by atoms with E-state index < -0.39 is 14.9 Å². The minimum atomic E-state index is -3.68. The molecule has 2 rings (SSSR count). The maximum Gasteiger partial charge on any atom is 0.273 e. The lowest BCUT2D eigenvalue weighted by Crippen LogP contribution is -2.31. The van der Waals surface area contributed by atoms with Gasteiger partial charge in [-0.25, -0.2) is 8.42 Å². The van der Waals surface area contributed by atoms with Crippen LogP contribution in [0.1, 0.15) is 12.0 Å². The van der Waals surface area contributed by atoms with Gasteiger partial charge in [-0.2, -0.15) is 4.31 Å². The molecule has 21 heavy (non-hydrogen) atoms. The van der Waals surface area contributed by atoms with Gasteiger partial charge >= 0.3 is 0 Å². The average Bonchev–Trinajstić information content (AvgIpc) is 2.88. The van der Waals surface area contributed by atoms with Gasteiger partial charge in [0.1, 0.15) is 0 Å². The quantitative estimate of drug-likeness (QED) is 0.650. The summed E-state index contributed by atoms with van der Waals surface area (Å²) in [7, 11) is -1.84. The smallest absolute Gasteiger partial charge is 0.273 e. The van der Waals surface area contributed by atoms with Crippen molar-refractivity contribution in [2.24, 2.45) is 5.92 Å². The average molecular weight is 313 g/mol. The Morgan fingerprint density at radius 2 is 2.19 bits per heavy atom. The highest BCUT2D eigenvalue weighted by Crippen LogP contribution is 2.29. The lowest BCUT2D eigenvalue weighted by Gasteiger charge is -2.18. The molecule has 0 amide bonds. The van der Waals surface area contributed by atoms with Gasteiger partial charge < -0.3 is 5.32 Å². The monoisotopic (exact) mass is 313 g/mol. The zero-order valence-corrected chi connectivity index (χ0v) is 12.9. The molecule has 116 valence electrons. The third kappa shape index (κ3) is 3.07. The van der Waals surface area contributed by atoms with Crippen LogP contribution in [-0.4, -0.2) is 44.3 Å². The first-order valence-corrected chi connectivity index (χ1v) is 8.20. The van der Waals surface area contributed by atoms with Crippen LogP contribution in [0.15, 0.2) is 23.1 Å². The van der Waals surface area contributed by atoms with Gasteiger partial charge in [-0.3, -0.25) is 10.1 Å². The van der Waals surface area contributed by atoms with Crippen LogP contribution in [0.4, 0.5) is 5.69 Å². The molecular formula is C13H19N3O4S. The molecule has 1 aliphatic rings. The van der Waals surface area contributed by atoms with Crippen molar-refractivity contribution in [3.63, 3.8) is 0 Å². The van der Waals surface area contributed by atoms with E-state index in [4.69, 9.17) is 0 Å². The molecule has 8 heteroatoms. The Kier molecular flexibility index (Phi) is 4.60. The van der Waals surface area contributed by atoms with Crippen LogP contribution in [0.5, 0.6) is 0 Å². The van der Waals surface area contributed by atoms with Crippen molar-refractivity contribution >= 4 is 15.7 Å². The molecule has 1 unspecified atom stereocenters. The Hall–Kier alpha value is -1.51. The topological polar surface area (TPSA) is 92.6 Å². The Morgan fingerprint density at radius 1 is 1.48 bits per heavy atom. The molecule has 1 atom stereocenters. The summed E-state index contributed by atoms with van der Waals surface area (Å²) in [5.41, 5.74) is 0.0293. The van der Waals surface area contributed by atoms with Gasteiger partial charge in [0.05, 0.1) is 9.82 Å². The van der Waals surface area contributed by atoms with E-state index in [2.05, 4.69) is 5.32 Å². The highest BCUT2D eigenvalue weighted by molar-refractivity contribution is 7.89. The maximum absolute atomic E-state index is 12.7. The van der Waals surface area contributed by atoms with Crippen molar-refractivity contribution < 1.29 is 13.3 Å². The summed E-state index contributed by atoms with van der Waals surface area (Å²) < 4.78 is 26.7. The van der Waals surface area contributed by atoms with Crippen molar-refractivity contribution in [3.05, 3.63) is 33.9 Å². The van der Waals surface area contributed by atoms with E-state index in [1.54, 1.807) is 0 Å². The Morgan fingerprint density at radius 3 is 2.81 bits per heavy atom. The van der Waals surface area contributed by atoms with E-state index in [1.807, 2.05) is 7.05 Å². The first kappa shape index (κ1) is 15.9. The van der Waals surface area contributed by atoms with Crippen molar-refractivity contribution in [3.8, 4) is 0 Å². The number of nitro groups is 1. The minimum Gasteiger partial charge on any atom is -0.319 e. The molecule has 0 aliphatic carbocycles. The molecule has 0 bridgehead atoms. The summed E-state index contributed by atoms with van der Waals surface area (Å²) in [6.07, 6.45) is 0.800. The maximum atomic E-state index is 12.7. The molecule has 1 aromatic carbocycles. The molecule has 1 aliphatic heterocycles. The third-order valence-electron chi connectivity index (χ3n) is 3.81. The number of benzene rings is 1. The van der Waals surface area contributed by atoms with E-state index in [-0.39, 0.29) is 22.1 Å². The van der Waals surface area contributed by atoms with Crippen molar-refractivity contribution in [2.75, 3.05) is 26.7 Å². The molecule has 0 spiro atoms. The van der Waals surface area contributed by atoms with Gasteiger partial charge in [-0.1, -0.05) is 6.07 Å². The largest absolute Gasteiger partial charge is 0.319 e. The highest BCUT2D eigenvalue weighted by Gasteiger charge is 2.34. The number of hydrogen-bond acceptors (Lipinski definition) is 5. The summed E-state index contributed by atoms with van der Waals surface area (Å²) in [6, 6.07) is 4.17. The Bertz CT molecular complexity index is 645. The molecule has 1 saturated heterocycles. The molecule has 1 aromatic rings. The van der Waals surface area contributed by atoms with Crippen LogP contribution < -0.4 is 5.32 Å². The zero-order chi connectivity index (χ0) is 15.6. The molecule has 1 heterocycles. The highest BCUT2D eigenvalue weighted by atomic mass is 32.2. The number of rotatable bonds is 5. The van der Waals surface area contributed by atoms with Gasteiger partial charge in [0, 0.05) is 24.7 Å². The van der Waals surface area contributed by atoms with Gasteiger partial charge in [0.15, 0.2) is 0 Å². The number of nitrogens with one attached hydrogen (secondary N) is 1. The van der Waals surface area contributed by atoms with Crippen LogP contribution in [0.25, 0.3) is 0 Å². The summed E-state index contributed by atoms with van der Waals surface area (Å²) in [6.45, 7) is 3.15. The molecule has 7 nitrogen and oxygen atoms in total. The van der Waals surface area contributed by atoms with E-state index in [9.17, 15) is 18.5 Å². The number of hydrogen-bond donors (Lipinski definition) is 1. The van der Waals surface area contributed by atoms with Gasteiger partial charge in [-0.05, 0) is 38.9 Å². The molecule has 1 N–H and O–H groups in total. The van der Waals surface area contributed by atoms with E-state index >= 15 is 0 Å². The van der Waals surface area contributed by atoms with Crippen LogP contribution in [0.2, 0.25) is 0 Å². The van der Waals surface area contributed by atoms with Crippen molar-refractivity contribution in [1.82, 2.24) is 9.62 Å². The lowest BCUT2D eigenvalue weighted by molar-refractivity contribution is -0.385. The molecule has 0 saturated carbocycles. The van der Waals surface area contributed by atoms with E-state index in [0.717, 1.165) is 13.0 Å². The van der Waals surface area contributed by atoms with Crippen LogP contribution in [0, 0.1) is 23.0 Å². The molecular weight excluding hydrogens is 294 g/mol. The second-order valence-corrected chi connectivity index (χ2v) is 7.14. The second-order valence-electron chi connectivity index (χ2n) is 5.23. The number of nitro benzene ring substituents is 1. The molecule has 0 aromatic heterocycles. The summed E-state index contributed by atoms with van der Waals surface area (Å²) in [5.74, 6) is 0.281. The fraction of sp³-hybridized carbons (Fsp3) is 0.538. The fourth-order valence-corrected chi connectivity index (χ4v) is 4.46. The third-order valence-corrected chi connectivity index (χ3v) is 5.82. The summed E-state index contributed by atoms with van der Waals surface area (Å²) in [4.78, 5) is 10.4. The normalized spacial score (nSPS) is 19.8. The van der Waals surface area contributed by atoms with Gasteiger partial charge in [-0.15, -0.1) is 0 Å². The summed E-state index contributed by atoms with van der Waals surface area (Å²) >= 11 is 0. The first-order valence-electron chi connectivity index (χ1n) is 6.76. The van der Waals surface area contributed by atoms with Crippen molar-refractivity contribution in [2.45, 2.75) is 18.2 Å². The molecule has 1 fully saturated rings. The Balaban J connectivity index is 2.33. The Labute approximate surface area is 124 Å². The van der Waals surface area contributed by atoms with Crippen LogP contribution >= 0.6 is 0 Å². The minimum absolute atomic E-state index is 0.0295. The van der Waals surface area contributed by atoms with Crippen molar-refractivity contribution in [1.29, 1.82) is 0 Å². The second kappa shape index (κ2) is 6.08. The number of nitrogens with zero attached hydrogens (tertiary/aromatic N) is 2. The fourth-order valence-electron chi connectivity index (χ4n) is 2.69. The predicted molar refractivity (Wildman–Crippen MR) is 78.6 cm³/mol. The van der Waals surface area contributed by atoms with Crippen LogP contribution in [0.3, 0.4) is 0 Å². The first-order chi connectivity index (χ1) is 9.87. The predicted octanol–water partition coefficient (Wildman–Crippen LogP) is 1.13. The standard InChI is InChI=1S/C13H19N3O4S/c1-10-12(16(17)18)4-3-5-13(10)21(19,20)15-7-6-11(9-15)8-14-2/h3-5,11,14H,6-9H2,1-2H3. The van der Waals surface area contributed by atoms with E-state index in [1.165, 1.54) is 29.4 Å². The van der Waals surface area contributed by atoms with E-state index in [0.29, 0.717) is 13.1 Å². The van der Waals surface area contributed by atoms with Crippen LogP contribution in [-0.2, 0) is 10.0 Å². The SMILES string of the molecule is CNCC1CCN(S(=O)(=O)c2cccc([N+](=O)[O-])c2C)C1. The number of sulfonamides is 1. The lowest BCUT2D eigenvalue weighted by atomic mass is 10.1. The zero-order valence-electron chi connectivity index (χ0n) is 12.1. The molecule has 0 radical (unpaired) electrons. The van der Waals surface area contributed by atoms with Gasteiger partial charge in [0.2, 0.25) is 10.0 Å².